The Morgan fingerprint density at radius 1 is 1.35 bits per heavy atom. The van der Waals surface area contributed by atoms with Gasteiger partial charge in [-0.15, -0.1) is 0 Å². The summed E-state index contributed by atoms with van der Waals surface area (Å²) in [5.74, 6) is 0. The zero-order valence-corrected chi connectivity index (χ0v) is 12.5. The van der Waals surface area contributed by atoms with Crippen LogP contribution in [0.1, 0.15) is 18.9 Å². The Morgan fingerprint density at radius 3 is 2.60 bits per heavy atom. The fraction of sp³-hybridized carbons (Fsp3) is 0.533. The summed E-state index contributed by atoms with van der Waals surface area (Å²) >= 11 is 6.25. The van der Waals surface area contributed by atoms with Crippen LogP contribution in [0.3, 0.4) is 0 Å². The summed E-state index contributed by atoms with van der Waals surface area (Å²) in [4.78, 5) is 4.47. The maximum absolute atomic E-state index is 9.37. The zero-order valence-electron chi connectivity index (χ0n) is 11.7. The molecule has 2 rings (SSSR count). The van der Waals surface area contributed by atoms with Crippen LogP contribution >= 0.6 is 11.6 Å². The van der Waals surface area contributed by atoms with Crippen molar-refractivity contribution in [1.82, 2.24) is 4.90 Å². The van der Waals surface area contributed by atoms with Crippen molar-refractivity contribution < 1.29 is 5.11 Å². The third-order valence-corrected chi connectivity index (χ3v) is 4.24. The van der Waals surface area contributed by atoms with Crippen LogP contribution in [0.25, 0.3) is 0 Å². The minimum atomic E-state index is 0.200. The summed E-state index contributed by atoms with van der Waals surface area (Å²) in [6.45, 7) is 5.72. The van der Waals surface area contributed by atoms with Crippen LogP contribution in [0.15, 0.2) is 18.2 Å². The third kappa shape index (κ3) is 3.06. The maximum atomic E-state index is 9.37. The molecule has 1 aromatic rings. The molecule has 20 heavy (non-hydrogen) atoms. The van der Waals surface area contributed by atoms with E-state index in [4.69, 9.17) is 11.6 Å². The highest BCUT2D eigenvalue weighted by atomic mass is 35.5. The smallest absolute Gasteiger partial charge is 0.101 e. The van der Waals surface area contributed by atoms with Gasteiger partial charge in [-0.3, -0.25) is 4.90 Å². The number of anilines is 1. The predicted molar refractivity (Wildman–Crippen MR) is 81.1 cm³/mol. The number of hydrogen-bond donors (Lipinski definition) is 1. The maximum Gasteiger partial charge on any atom is 0.101 e. The molecule has 5 heteroatoms. The van der Waals surface area contributed by atoms with Gasteiger partial charge in [0, 0.05) is 32.2 Å². The first-order valence-electron chi connectivity index (χ1n) is 6.99. The highest BCUT2D eigenvalue weighted by Gasteiger charge is 2.24. The number of halogens is 1. The Balaban J connectivity index is 2.10. The zero-order chi connectivity index (χ0) is 14.5. The lowest BCUT2D eigenvalue weighted by Crippen LogP contribution is -2.51. The second-order valence-corrected chi connectivity index (χ2v) is 5.42. The first-order chi connectivity index (χ1) is 9.71. The van der Waals surface area contributed by atoms with Crippen LogP contribution in [0.5, 0.6) is 0 Å². The van der Waals surface area contributed by atoms with Crippen molar-refractivity contribution in [2.75, 3.05) is 37.7 Å². The van der Waals surface area contributed by atoms with Crippen LogP contribution in [0.4, 0.5) is 5.69 Å². The fourth-order valence-electron chi connectivity index (χ4n) is 2.74. The average molecular weight is 294 g/mol. The first kappa shape index (κ1) is 15.1. The van der Waals surface area contributed by atoms with Crippen molar-refractivity contribution in [3.8, 4) is 6.07 Å². The molecule has 0 aliphatic carbocycles. The quantitative estimate of drug-likeness (QED) is 0.924. The van der Waals surface area contributed by atoms with Gasteiger partial charge >= 0.3 is 0 Å². The normalized spacial score (nSPS) is 17.8. The predicted octanol–water partition coefficient (Wildman–Crippen LogP) is 2.10. The minimum Gasteiger partial charge on any atom is -0.395 e. The van der Waals surface area contributed by atoms with E-state index in [1.54, 1.807) is 12.1 Å². The van der Waals surface area contributed by atoms with Crippen LogP contribution < -0.4 is 4.90 Å². The van der Waals surface area contributed by atoms with Gasteiger partial charge < -0.3 is 10.0 Å². The second-order valence-electron chi connectivity index (χ2n) is 5.02. The van der Waals surface area contributed by atoms with E-state index in [1.807, 2.05) is 6.07 Å². The SMILES string of the molecule is CCC(CO)N1CCN(c2c(Cl)cccc2C#N)CC1. The van der Waals surface area contributed by atoms with Gasteiger partial charge in [0.15, 0.2) is 0 Å². The molecule has 1 N–H and O–H groups in total. The molecule has 1 unspecified atom stereocenters. The van der Waals surface area contributed by atoms with Crippen LogP contribution in [0, 0.1) is 11.3 Å². The molecule has 0 saturated carbocycles. The van der Waals surface area contributed by atoms with Crippen molar-refractivity contribution in [2.45, 2.75) is 19.4 Å². The van der Waals surface area contributed by atoms with Crippen LogP contribution in [0.2, 0.25) is 5.02 Å². The number of nitriles is 1. The molecule has 4 nitrogen and oxygen atoms in total. The number of hydrogen-bond acceptors (Lipinski definition) is 4. The summed E-state index contributed by atoms with van der Waals surface area (Å²) in [5, 5.41) is 19.2. The summed E-state index contributed by atoms with van der Waals surface area (Å²) in [5.41, 5.74) is 1.47. The molecule has 1 aliphatic rings. The van der Waals surface area contributed by atoms with Gasteiger partial charge in [-0.1, -0.05) is 24.6 Å². The Bertz CT molecular complexity index is 488. The molecule has 1 aliphatic heterocycles. The van der Waals surface area contributed by atoms with E-state index in [1.165, 1.54) is 0 Å². The number of aliphatic hydroxyl groups excluding tert-OH is 1. The standard InChI is InChI=1S/C15H20ClN3O/c1-2-13(11-20)18-6-8-19(9-7-18)15-12(10-17)4-3-5-14(15)16/h3-5,13,20H,2,6-9,11H2,1H3. The lowest BCUT2D eigenvalue weighted by atomic mass is 10.1. The lowest BCUT2D eigenvalue weighted by Gasteiger charge is -2.40. The molecule has 0 radical (unpaired) electrons. The van der Waals surface area contributed by atoms with Gasteiger partial charge in [-0.25, -0.2) is 0 Å². The van der Waals surface area contributed by atoms with E-state index in [0.717, 1.165) is 38.3 Å². The molecule has 0 aromatic heterocycles. The molecule has 1 heterocycles. The minimum absolute atomic E-state index is 0.200. The van der Waals surface area contributed by atoms with Crippen LogP contribution in [-0.4, -0.2) is 48.8 Å². The van der Waals surface area contributed by atoms with Gasteiger partial charge in [-0.05, 0) is 18.6 Å². The third-order valence-electron chi connectivity index (χ3n) is 3.94. The molecular weight excluding hydrogens is 274 g/mol. The summed E-state index contributed by atoms with van der Waals surface area (Å²) < 4.78 is 0. The number of aliphatic hydroxyl groups is 1. The van der Waals surface area contributed by atoms with E-state index in [-0.39, 0.29) is 12.6 Å². The molecule has 0 spiro atoms. The molecule has 1 aromatic carbocycles. The fourth-order valence-corrected chi connectivity index (χ4v) is 3.03. The van der Waals surface area contributed by atoms with Crippen molar-refractivity contribution in [3.63, 3.8) is 0 Å². The van der Waals surface area contributed by atoms with E-state index in [9.17, 15) is 10.4 Å². The molecule has 1 saturated heterocycles. The van der Waals surface area contributed by atoms with Gasteiger partial charge in [0.25, 0.3) is 0 Å². The molecule has 0 amide bonds. The number of rotatable bonds is 4. The topological polar surface area (TPSA) is 50.5 Å². The average Bonchev–Trinajstić information content (AvgIpc) is 2.49. The molecule has 0 bridgehead atoms. The number of benzene rings is 1. The second kappa shape index (κ2) is 6.94. The Labute approximate surface area is 125 Å². The Kier molecular flexibility index (Phi) is 5.24. The monoisotopic (exact) mass is 293 g/mol. The molecule has 1 atom stereocenters. The Morgan fingerprint density at radius 2 is 2.05 bits per heavy atom. The largest absolute Gasteiger partial charge is 0.395 e. The lowest BCUT2D eigenvalue weighted by molar-refractivity contribution is 0.114. The van der Waals surface area contributed by atoms with E-state index < -0.39 is 0 Å². The summed E-state index contributed by atoms with van der Waals surface area (Å²) in [7, 11) is 0. The molecule has 1 fully saturated rings. The van der Waals surface area contributed by atoms with E-state index >= 15 is 0 Å². The Hall–Kier alpha value is -1.28. The van der Waals surface area contributed by atoms with Crippen molar-refractivity contribution in [3.05, 3.63) is 28.8 Å². The van der Waals surface area contributed by atoms with Gasteiger partial charge in [-0.2, -0.15) is 5.26 Å². The van der Waals surface area contributed by atoms with Gasteiger partial charge in [0.2, 0.25) is 0 Å². The number of piperazine rings is 1. The van der Waals surface area contributed by atoms with E-state index in [0.29, 0.717) is 10.6 Å². The van der Waals surface area contributed by atoms with Gasteiger partial charge in [0.05, 0.1) is 22.9 Å². The van der Waals surface area contributed by atoms with E-state index in [2.05, 4.69) is 22.8 Å². The number of nitrogens with zero attached hydrogens (tertiary/aromatic N) is 3. The van der Waals surface area contributed by atoms with Crippen molar-refractivity contribution in [2.24, 2.45) is 0 Å². The highest BCUT2D eigenvalue weighted by molar-refractivity contribution is 6.33. The summed E-state index contributed by atoms with van der Waals surface area (Å²) in [6, 6.07) is 7.88. The highest BCUT2D eigenvalue weighted by Crippen LogP contribution is 2.30. The van der Waals surface area contributed by atoms with Gasteiger partial charge in [0.1, 0.15) is 6.07 Å². The number of para-hydroxylation sites is 1. The van der Waals surface area contributed by atoms with Crippen LogP contribution in [-0.2, 0) is 0 Å². The summed E-state index contributed by atoms with van der Waals surface area (Å²) in [6.07, 6.45) is 0.950. The molecular formula is C15H20ClN3O. The van der Waals surface area contributed by atoms with Crippen molar-refractivity contribution >= 4 is 17.3 Å². The molecule has 108 valence electrons. The van der Waals surface area contributed by atoms with Crippen molar-refractivity contribution in [1.29, 1.82) is 5.26 Å². The first-order valence-corrected chi connectivity index (χ1v) is 7.37.